The quantitative estimate of drug-likeness (QED) is 0.678. The minimum Gasteiger partial charge on any atom is -0.383 e. The molecule has 2 unspecified atom stereocenters. The van der Waals surface area contributed by atoms with Crippen LogP contribution in [0, 0.1) is 0 Å². The van der Waals surface area contributed by atoms with Gasteiger partial charge in [-0.2, -0.15) is 0 Å². The number of hydrogen-bond acceptors (Lipinski definition) is 2. The van der Waals surface area contributed by atoms with Crippen molar-refractivity contribution in [2.45, 2.75) is 11.4 Å². The average molecular weight is 287 g/mol. The van der Waals surface area contributed by atoms with E-state index in [0.29, 0.717) is 5.56 Å². The molecule has 2 atom stereocenters. The second kappa shape index (κ2) is 6.73. The van der Waals surface area contributed by atoms with E-state index in [1.165, 1.54) is 0 Å². The molecule has 2 aromatic rings. The van der Waals surface area contributed by atoms with Crippen LogP contribution in [-0.4, -0.2) is 28.7 Å². The average Bonchev–Trinajstić information content (AvgIpc) is 2.48. The molecule has 0 amide bonds. The Bertz CT molecular complexity index is 552. The highest BCUT2D eigenvalue weighted by Gasteiger charge is 2.38. The fourth-order valence-corrected chi connectivity index (χ4v) is 3.44. The van der Waals surface area contributed by atoms with Crippen molar-refractivity contribution in [2.24, 2.45) is 0 Å². The zero-order chi connectivity index (χ0) is 14.5. The smallest absolute Gasteiger partial charge is 0.217 e. The molecule has 0 spiro atoms. The van der Waals surface area contributed by atoms with Gasteiger partial charge in [0.15, 0.2) is 0 Å². The van der Waals surface area contributed by atoms with Crippen molar-refractivity contribution in [3.8, 4) is 0 Å². The Morgan fingerprint density at radius 3 is 1.95 bits per heavy atom. The Labute approximate surface area is 122 Å². The highest BCUT2D eigenvalue weighted by molar-refractivity contribution is 7.96. The zero-order valence-corrected chi connectivity index (χ0v) is 12.5. The van der Waals surface area contributed by atoms with Crippen LogP contribution in [0.5, 0.6) is 0 Å². The van der Waals surface area contributed by atoms with Gasteiger partial charge in [0.05, 0.1) is 12.5 Å². The molecule has 1 N–H and O–H groups in total. The van der Waals surface area contributed by atoms with E-state index in [1.807, 2.05) is 61.0 Å². The number of Topliss-reactive ketones (excluding diaryl/α,β-unsaturated/α-hetero) is 1. The molecule has 20 heavy (non-hydrogen) atoms. The first-order valence-corrected chi connectivity index (χ1v) is 8.60. The summed E-state index contributed by atoms with van der Waals surface area (Å²) in [5.74, 6) is 0.00952. The van der Waals surface area contributed by atoms with E-state index in [2.05, 4.69) is 0 Å². The SMILES string of the molecule is C[S+](C)C(C(=O)c1ccccc1)C(O)c1ccccc1. The molecule has 0 heterocycles. The number of aliphatic hydroxyl groups is 1. The fourth-order valence-electron chi connectivity index (χ4n) is 2.21. The molecule has 0 aliphatic rings. The highest BCUT2D eigenvalue weighted by Crippen LogP contribution is 2.25. The molecule has 0 bridgehead atoms. The van der Waals surface area contributed by atoms with Crippen LogP contribution < -0.4 is 0 Å². The molecule has 0 aliphatic heterocycles. The minimum absolute atomic E-state index is 0.00952. The zero-order valence-electron chi connectivity index (χ0n) is 11.7. The van der Waals surface area contributed by atoms with Crippen molar-refractivity contribution in [3.63, 3.8) is 0 Å². The first kappa shape index (κ1) is 14.8. The van der Waals surface area contributed by atoms with Gasteiger partial charge in [-0.15, -0.1) is 0 Å². The van der Waals surface area contributed by atoms with Crippen molar-refractivity contribution in [1.29, 1.82) is 0 Å². The summed E-state index contributed by atoms with van der Waals surface area (Å²) in [4.78, 5) is 12.6. The maximum Gasteiger partial charge on any atom is 0.217 e. The Hall–Kier alpha value is -1.58. The molecule has 0 fully saturated rings. The van der Waals surface area contributed by atoms with Crippen LogP contribution in [0.4, 0.5) is 0 Å². The normalized spacial score (nSPS) is 14.0. The molecular weight excluding hydrogens is 268 g/mol. The van der Waals surface area contributed by atoms with E-state index in [1.54, 1.807) is 12.1 Å². The number of aliphatic hydroxyl groups excluding tert-OH is 1. The predicted octanol–water partition coefficient (Wildman–Crippen LogP) is 2.85. The Balaban J connectivity index is 2.30. The van der Waals surface area contributed by atoms with Crippen molar-refractivity contribution in [3.05, 3.63) is 71.8 Å². The summed E-state index contributed by atoms with van der Waals surface area (Å²) in [5, 5.41) is 10.2. The lowest BCUT2D eigenvalue weighted by Gasteiger charge is -2.19. The van der Waals surface area contributed by atoms with Gasteiger partial charge in [0.2, 0.25) is 11.0 Å². The maximum absolute atomic E-state index is 12.6. The predicted molar refractivity (Wildman–Crippen MR) is 85.2 cm³/mol. The van der Waals surface area contributed by atoms with Crippen LogP contribution >= 0.6 is 0 Å². The first-order chi connectivity index (χ1) is 9.61. The van der Waals surface area contributed by atoms with E-state index >= 15 is 0 Å². The van der Waals surface area contributed by atoms with Gasteiger partial charge < -0.3 is 5.11 Å². The lowest BCUT2D eigenvalue weighted by molar-refractivity contribution is 0.0895. The minimum atomic E-state index is -0.762. The summed E-state index contributed by atoms with van der Waals surface area (Å²) in [7, 11) is -0.214. The van der Waals surface area contributed by atoms with Crippen molar-refractivity contribution < 1.29 is 9.90 Å². The summed E-state index contributed by atoms with van der Waals surface area (Å²) in [6.45, 7) is 0. The summed E-state index contributed by atoms with van der Waals surface area (Å²) >= 11 is 0. The summed E-state index contributed by atoms with van der Waals surface area (Å²) in [5.41, 5.74) is 1.46. The maximum atomic E-state index is 12.6. The van der Waals surface area contributed by atoms with E-state index < -0.39 is 11.4 Å². The lowest BCUT2D eigenvalue weighted by Crippen LogP contribution is -2.35. The van der Waals surface area contributed by atoms with Crippen LogP contribution in [-0.2, 0) is 10.9 Å². The summed E-state index contributed by atoms with van der Waals surface area (Å²) in [6, 6.07) is 18.6. The van der Waals surface area contributed by atoms with Crippen LogP contribution in [0.15, 0.2) is 60.7 Å². The number of rotatable bonds is 5. The molecule has 2 nitrogen and oxygen atoms in total. The second-order valence-corrected chi connectivity index (χ2v) is 7.15. The second-order valence-electron chi connectivity index (χ2n) is 4.89. The van der Waals surface area contributed by atoms with Crippen LogP contribution in [0.2, 0.25) is 0 Å². The number of hydrogen-bond donors (Lipinski definition) is 1. The van der Waals surface area contributed by atoms with Gasteiger partial charge >= 0.3 is 0 Å². The molecule has 2 rings (SSSR count). The first-order valence-electron chi connectivity index (χ1n) is 6.50. The van der Waals surface area contributed by atoms with Gasteiger partial charge in [0.25, 0.3) is 0 Å². The third-order valence-corrected chi connectivity index (χ3v) is 4.74. The van der Waals surface area contributed by atoms with Gasteiger partial charge in [0.1, 0.15) is 6.10 Å². The Morgan fingerprint density at radius 1 is 0.950 bits per heavy atom. The van der Waals surface area contributed by atoms with Crippen molar-refractivity contribution >= 4 is 16.7 Å². The number of ketones is 1. The molecule has 0 saturated carbocycles. The lowest BCUT2D eigenvalue weighted by atomic mass is 10.00. The van der Waals surface area contributed by atoms with Crippen LogP contribution in [0.1, 0.15) is 22.0 Å². The van der Waals surface area contributed by atoms with Gasteiger partial charge in [-0.1, -0.05) is 60.7 Å². The molecule has 0 saturated heterocycles. The van der Waals surface area contributed by atoms with Gasteiger partial charge in [-0.3, -0.25) is 4.79 Å². The van der Waals surface area contributed by atoms with Crippen molar-refractivity contribution in [1.82, 2.24) is 0 Å². The van der Waals surface area contributed by atoms with Crippen LogP contribution in [0.3, 0.4) is 0 Å². The van der Waals surface area contributed by atoms with Gasteiger partial charge in [-0.25, -0.2) is 0 Å². The van der Waals surface area contributed by atoms with E-state index in [-0.39, 0.29) is 16.7 Å². The molecular formula is C17H19O2S+. The number of benzene rings is 2. The number of carbonyl (C=O) groups excluding carboxylic acids is 1. The molecule has 2 aromatic carbocycles. The van der Waals surface area contributed by atoms with Gasteiger partial charge in [0, 0.05) is 5.56 Å². The standard InChI is InChI=1S/C17H19O2S/c1-20(2)17(15(18)13-9-5-3-6-10-13)16(19)14-11-7-4-8-12-14/h3-12,15,17-18H,1-2H3/q+1. The van der Waals surface area contributed by atoms with E-state index in [0.717, 1.165) is 5.56 Å². The van der Waals surface area contributed by atoms with E-state index in [9.17, 15) is 9.90 Å². The summed E-state index contributed by atoms with van der Waals surface area (Å²) < 4.78 is 0. The third-order valence-electron chi connectivity index (χ3n) is 3.25. The molecule has 0 radical (unpaired) electrons. The molecule has 3 heteroatoms. The fraction of sp³-hybridized carbons (Fsp3) is 0.235. The van der Waals surface area contributed by atoms with Gasteiger partial charge in [-0.05, 0) is 16.5 Å². The Kier molecular flexibility index (Phi) is 4.99. The topological polar surface area (TPSA) is 37.3 Å². The largest absolute Gasteiger partial charge is 0.383 e. The van der Waals surface area contributed by atoms with E-state index in [4.69, 9.17) is 0 Å². The summed E-state index contributed by atoms with van der Waals surface area (Å²) in [6.07, 6.45) is 3.23. The Morgan fingerprint density at radius 2 is 1.45 bits per heavy atom. The molecule has 0 aliphatic carbocycles. The third kappa shape index (κ3) is 3.30. The van der Waals surface area contributed by atoms with Crippen LogP contribution in [0.25, 0.3) is 0 Å². The molecule has 0 aromatic heterocycles. The van der Waals surface area contributed by atoms with Crippen molar-refractivity contribution in [2.75, 3.05) is 12.5 Å². The highest BCUT2D eigenvalue weighted by atomic mass is 32.2. The number of carbonyl (C=O) groups is 1. The monoisotopic (exact) mass is 287 g/mol. The molecule has 104 valence electrons.